The number of hydrogen-bond acceptors (Lipinski definition) is 3. The maximum atomic E-state index is 12.0. The SMILES string of the molecule is CCCN(CCC)C(=O)Cn1nncc1C. The Labute approximate surface area is 96.4 Å². The Morgan fingerprint density at radius 2 is 2.00 bits per heavy atom. The number of carbonyl (C=O) groups excluding carboxylic acids is 1. The Hall–Kier alpha value is -1.39. The van der Waals surface area contributed by atoms with E-state index in [1.807, 2.05) is 11.8 Å². The summed E-state index contributed by atoms with van der Waals surface area (Å²) in [5.41, 5.74) is 0.918. The molecule has 0 N–H and O–H groups in total. The molecule has 5 heteroatoms. The van der Waals surface area contributed by atoms with Gasteiger partial charge in [0.1, 0.15) is 6.54 Å². The molecule has 0 saturated carbocycles. The lowest BCUT2D eigenvalue weighted by Crippen LogP contribution is -2.35. The second-order valence-electron chi connectivity index (χ2n) is 3.91. The number of amides is 1. The maximum Gasteiger partial charge on any atom is 0.244 e. The van der Waals surface area contributed by atoms with Crippen molar-refractivity contribution in [1.29, 1.82) is 0 Å². The number of rotatable bonds is 6. The van der Waals surface area contributed by atoms with Gasteiger partial charge < -0.3 is 4.90 Å². The highest BCUT2D eigenvalue weighted by molar-refractivity contribution is 5.75. The Bertz CT molecular complexity index is 328. The smallest absolute Gasteiger partial charge is 0.244 e. The summed E-state index contributed by atoms with van der Waals surface area (Å²) in [6, 6.07) is 0. The van der Waals surface area contributed by atoms with Crippen molar-refractivity contribution in [3.63, 3.8) is 0 Å². The van der Waals surface area contributed by atoms with E-state index in [4.69, 9.17) is 0 Å². The third-order valence-electron chi connectivity index (χ3n) is 2.44. The summed E-state index contributed by atoms with van der Waals surface area (Å²) >= 11 is 0. The normalized spacial score (nSPS) is 10.4. The first-order valence-electron chi connectivity index (χ1n) is 5.81. The highest BCUT2D eigenvalue weighted by atomic mass is 16.2. The van der Waals surface area contributed by atoms with Crippen molar-refractivity contribution in [3.8, 4) is 0 Å². The predicted molar refractivity (Wildman–Crippen MR) is 61.9 cm³/mol. The molecule has 0 radical (unpaired) electrons. The monoisotopic (exact) mass is 224 g/mol. The van der Waals surface area contributed by atoms with Crippen LogP contribution in [-0.2, 0) is 11.3 Å². The Morgan fingerprint density at radius 3 is 2.44 bits per heavy atom. The van der Waals surface area contributed by atoms with Gasteiger partial charge in [-0.15, -0.1) is 5.10 Å². The lowest BCUT2D eigenvalue weighted by Gasteiger charge is -2.21. The van der Waals surface area contributed by atoms with Gasteiger partial charge in [0.15, 0.2) is 0 Å². The minimum absolute atomic E-state index is 0.123. The minimum atomic E-state index is 0.123. The van der Waals surface area contributed by atoms with E-state index in [0.29, 0.717) is 6.54 Å². The van der Waals surface area contributed by atoms with E-state index < -0.39 is 0 Å². The molecule has 16 heavy (non-hydrogen) atoms. The van der Waals surface area contributed by atoms with Crippen LogP contribution in [0.25, 0.3) is 0 Å². The largest absolute Gasteiger partial charge is 0.341 e. The van der Waals surface area contributed by atoms with Crippen LogP contribution < -0.4 is 0 Å². The van der Waals surface area contributed by atoms with Crippen molar-refractivity contribution in [2.75, 3.05) is 13.1 Å². The minimum Gasteiger partial charge on any atom is -0.341 e. The molecule has 0 atom stereocenters. The molecule has 5 nitrogen and oxygen atoms in total. The Morgan fingerprint density at radius 1 is 1.38 bits per heavy atom. The van der Waals surface area contributed by atoms with Crippen molar-refractivity contribution in [1.82, 2.24) is 19.9 Å². The van der Waals surface area contributed by atoms with Crippen LogP contribution >= 0.6 is 0 Å². The zero-order valence-corrected chi connectivity index (χ0v) is 10.3. The fraction of sp³-hybridized carbons (Fsp3) is 0.727. The predicted octanol–water partition coefficient (Wildman–Crippen LogP) is 1.24. The first kappa shape index (κ1) is 12.7. The summed E-state index contributed by atoms with van der Waals surface area (Å²) in [7, 11) is 0. The van der Waals surface area contributed by atoms with Crippen molar-refractivity contribution >= 4 is 5.91 Å². The van der Waals surface area contributed by atoms with Crippen molar-refractivity contribution in [2.24, 2.45) is 0 Å². The van der Waals surface area contributed by atoms with Gasteiger partial charge in [0.05, 0.1) is 11.9 Å². The molecule has 0 aliphatic heterocycles. The van der Waals surface area contributed by atoms with Crippen LogP contribution in [-0.4, -0.2) is 38.9 Å². The van der Waals surface area contributed by atoms with Crippen LogP contribution in [0.15, 0.2) is 6.20 Å². The average Bonchev–Trinajstić information content (AvgIpc) is 2.64. The molecule has 0 unspecified atom stereocenters. The zero-order valence-electron chi connectivity index (χ0n) is 10.3. The quantitative estimate of drug-likeness (QED) is 0.730. The second kappa shape index (κ2) is 6.25. The van der Waals surface area contributed by atoms with Crippen molar-refractivity contribution in [2.45, 2.75) is 40.2 Å². The van der Waals surface area contributed by atoms with E-state index in [1.54, 1.807) is 10.9 Å². The number of aryl methyl sites for hydroxylation is 1. The van der Waals surface area contributed by atoms with Crippen molar-refractivity contribution < 1.29 is 4.79 Å². The summed E-state index contributed by atoms with van der Waals surface area (Å²) in [5.74, 6) is 0.123. The molecule has 0 bridgehead atoms. The van der Waals surface area contributed by atoms with E-state index in [2.05, 4.69) is 24.2 Å². The summed E-state index contributed by atoms with van der Waals surface area (Å²) in [5, 5.41) is 7.65. The topological polar surface area (TPSA) is 51.0 Å². The zero-order chi connectivity index (χ0) is 12.0. The van der Waals surface area contributed by atoms with Gasteiger partial charge in [-0.2, -0.15) is 0 Å². The Balaban J connectivity index is 2.58. The Kier molecular flexibility index (Phi) is 4.95. The number of aromatic nitrogens is 3. The molecule has 1 aromatic heterocycles. The van der Waals surface area contributed by atoms with Crippen LogP contribution in [0.5, 0.6) is 0 Å². The van der Waals surface area contributed by atoms with Crippen LogP contribution in [0.1, 0.15) is 32.4 Å². The van der Waals surface area contributed by atoms with Crippen LogP contribution in [0.2, 0.25) is 0 Å². The van der Waals surface area contributed by atoms with Crippen LogP contribution in [0.3, 0.4) is 0 Å². The number of nitrogens with zero attached hydrogens (tertiary/aromatic N) is 4. The fourth-order valence-corrected chi connectivity index (χ4v) is 1.59. The summed E-state index contributed by atoms with van der Waals surface area (Å²) in [6.45, 7) is 8.00. The first-order chi connectivity index (χ1) is 7.69. The summed E-state index contributed by atoms with van der Waals surface area (Å²) in [4.78, 5) is 13.9. The molecule has 0 aliphatic rings. The molecule has 0 fully saturated rings. The van der Waals surface area contributed by atoms with Gasteiger partial charge in [0.25, 0.3) is 0 Å². The van der Waals surface area contributed by atoms with E-state index in [9.17, 15) is 4.79 Å². The molecule has 0 aliphatic carbocycles. The summed E-state index contributed by atoms with van der Waals surface area (Å²) < 4.78 is 1.64. The highest BCUT2D eigenvalue weighted by Gasteiger charge is 2.13. The van der Waals surface area contributed by atoms with E-state index in [0.717, 1.165) is 31.6 Å². The molecule has 1 aromatic rings. The molecular formula is C11H20N4O. The standard InChI is InChI=1S/C11H20N4O/c1-4-6-14(7-5-2)11(16)9-15-10(3)8-12-13-15/h8H,4-7,9H2,1-3H3. The van der Waals surface area contributed by atoms with Gasteiger partial charge in [0.2, 0.25) is 5.91 Å². The third-order valence-corrected chi connectivity index (χ3v) is 2.44. The third kappa shape index (κ3) is 3.32. The van der Waals surface area contributed by atoms with E-state index in [-0.39, 0.29) is 5.91 Å². The lowest BCUT2D eigenvalue weighted by atomic mass is 10.3. The van der Waals surface area contributed by atoms with Gasteiger partial charge in [-0.05, 0) is 19.8 Å². The molecular weight excluding hydrogens is 204 g/mol. The maximum absolute atomic E-state index is 12.0. The van der Waals surface area contributed by atoms with Crippen LogP contribution in [0, 0.1) is 6.92 Å². The molecule has 90 valence electrons. The van der Waals surface area contributed by atoms with Gasteiger partial charge >= 0.3 is 0 Å². The number of hydrogen-bond donors (Lipinski definition) is 0. The van der Waals surface area contributed by atoms with Gasteiger partial charge in [-0.25, -0.2) is 4.68 Å². The first-order valence-corrected chi connectivity index (χ1v) is 5.81. The van der Waals surface area contributed by atoms with Gasteiger partial charge in [-0.3, -0.25) is 4.79 Å². The van der Waals surface area contributed by atoms with E-state index >= 15 is 0 Å². The summed E-state index contributed by atoms with van der Waals surface area (Å²) in [6.07, 6.45) is 3.64. The molecule has 1 amide bonds. The van der Waals surface area contributed by atoms with Gasteiger partial charge in [0, 0.05) is 13.1 Å². The van der Waals surface area contributed by atoms with Gasteiger partial charge in [-0.1, -0.05) is 19.1 Å². The molecule has 1 heterocycles. The van der Waals surface area contributed by atoms with Crippen LogP contribution in [0.4, 0.5) is 0 Å². The fourth-order valence-electron chi connectivity index (χ4n) is 1.59. The van der Waals surface area contributed by atoms with E-state index in [1.165, 1.54) is 0 Å². The molecule has 0 spiro atoms. The average molecular weight is 224 g/mol. The van der Waals surface area contributed by atoms with Crippen molar-refractivity contribution in [3.05, 3.63) is 11.9 Å². The second-order valence-corrected chi connectivity index (χ2v) is 3.91. The molecule has 0 aromatic carbocycles. The highest BCUT2D eigenvalue weighted by Crippen LogP contribution is 1.99. The molecule has 1 rings (SSSR count). The molecule has 0 saturated heterocycles. The lowest BCUT2D eigenvalue weighted by molar-refractivity contribution is -0.132. The number of carbonyl (C=O) groups is 1.